The fraction of sp³-hybridized carbons (Fsp3) is 0.500. The highest BCUT2D eigenvalue weighted by atomic mass is 35.5. The smallest absolute Gasteiger partial charge is 0.0363 e. The van der Waals surface area contributed by atoms with E-state index in [-0.39, 0.29) is 0 Å². The van der Waals surface area contributed by atoms with Crippen molar-refractivity contribution in [3.63, 3.8) is 0 Å². The Morgan fingerprint density at radius 2 is 1.79 bits per heavy atom. The molecule has 0 saturated heterocycles. The van der Waals surface area contributed by atoms with Crippen molar-refractivity contribution in [1.82, 2.24) is 0 Å². The van der Waals surface area contributed by atoms with Gasteiger partial charge in [0.05, 0.1) is 0 Å². The molecule has 0 spiro atoms. The molecule has 1 aromatic rings. The Morgan fingerprint density at radius 3 is 2.36 bits per heavy atom. The fourth-order valence-corrected chi connectivity index (χ4v) is 1.56. The number of rotatable bonds is 5. The van der Waals surface area contributed by atoms with E-state index in [0.717, 1.165) is 25.3 Å². The summed E-state index contributed by atoms with van der Waals surface area (Å²) in [5.41, 5.74) is 2.59. The third kappa shape index (κ3) is 3.59. The van der Waals surface area contributed by atoms with Gasteiger partial charge in [-0.1, -0.05) is 17.7 Å². The lowest BCUT2D eigenvalue weighted by atomic mass is 10.2. The van der Waals surface area contributed by atoms with Gasteiger partial charge in [-0.15, -0.1) is 11.6 Å². The average molecular weight is 212 g/mol. The van der Waals surface area contributed by atoms with Gasteiger partial charge in [0.2, 0.25) is 0 Å². The minimum absolute atomic E-state index is 0.766. The molecule has 0 amide bonds. The predicted octanol–water partition coefficient (Wildman–Crippen LogP) is 3.45. The summed E-state index contributed by atoms with van der Waals surface area (Å²) in [6, 6.07) is 8.62. The summed E-state index contributed by atoms with van der Waals surface area (Å²) < 4.78 is 0. The fourth-order valence-electron chi connectivity index (χ4n) is 1.37. The molecule has 78 valence electrons. The van der Waals surface area contributed by atoms with Crippen LogP contribution in [-0.4, -0.2) is 19.5 Å². The Kier molecular flexibility index (Phi) is 4.81. The van der Waals surface area contributed by atoms with Crippen LogP contribution in [0.1, 0.15) is 18.4 Å². The third-order valence-electron chi connectivity index (χ3n) is 2.35. The summed E-state index contributed by atoms with van der Waals surface area (Å²) in [4.78, 5) is 2.27. The minimum atomic E-state index is 0.766. The van der Waals surface area contributed by atoms with E-state index in [9.17, 15) is 0 Å². The van der Waals surface area contributed by atoms with Gasteiger partial charge in [0.1, 0.15) is 0 Å². The molecule has 1 rings (SSSR count). The van der Waals surface area contributed by atoms with Gasteiger partial charge in [-0.05, 0) is 31.9 Å². The average Bonchev–Trinajstić information content (AvgIpc) is 2.19. The molecule has 0 N–H and O–H groups in total. The van der Waals surface area contributed by atoms with Gasteiger partial charge in [-0.2, -0.15) is 0 Å². The predicted molar refractivity (Wildman–Crippen MR) is 64.4 cm³/mol. The van der Waals surface area contributed by atoms with Gasteiger partial charge in [0.15, 0.2) is 0 Å². The van der Waals surface area contributed by atoms with Crippen LogP contribution < -0.4 is 4.90 Å². The van der Waals surface area contributed by atoms with Crippen molar-refractivity contribution in [2.24, 2.45) is 0 Å². The van der Waals surface area contributed by atoms with E-state index in [1.807, 2.05) is 0 Å². The maximum Gasteiger partial charge on any atom is 0.0363 e. The molecule has 14 heavy (non-hydrogen) atoms. The van der Waals surface area contributed by atoms with Gasteiger partial charge in [-0.3, -0.25) is 0 Å². The first-order chi connectivity index (χ1) is 6.74. The highest BCUT2D eigenvalue weighted by molar-refractivity contribution is 6.17. The minimum Gasteiger partial charge on any atom is -0.375 e. The maximum atomic E-state index is 5.63. The molecule has 0 aliphatic heterocycles. The van der Waals surface area contributed by atoms with E-state index >= 15 is 0 Å². The number of hydrogen-bond acceptors (Lipinski definition) is 1. The van der Waals surface area contributed by atoms with Gasteiger partial charge < -0.3 is 4.90 Å². The monoisotopic (exact) mass is 211 g/mol. The summed E-state index contributed by atoms with van der Waals surface area (Å²) in [5.74, 6) is 0.766. The van der Waals surface area contributed by atoms with Gasteiger partial charge in [0, 0.05) is 25.2 Å². The lowest BCUT2D eigenvalue weighted by Gasteiger charge is -2.19. The second-order valence-corrected chi connectivity index (χ2v) is 4.03. The summed E-state index contributed by atoms with van der Waals surface area (Å²) in [5, 5.41) is 0. The van der Waals surface area contributed by atoms with E-state index in [1.165, 1.54) is 11.3 Å². The number of halogens is 1. The Balaban J connectivity index is 2.43. The Morgan fingerprint density at radius 1 is 1.14 bits per heavy atom. The highest BCUT2D eigenvalue weighted by Crippen LogP contribution is 2.13. The Bertz CT molecular complexity index is 256. The van der Waals surface area contributed by atoms with Crippen molar-refractivity contribution >= 4 is 17.3 Å². The standard InChI is InChI=1S/C12H18ClN/c1-11-5-7-12(8-6-11)14(2)10-4-3-9-13/h5-8H,3-4,9-10H2,1-2H3. The summed E-state index contributed by atoms with van der Waals surface area (Å²) >= 11 is 5.63. The molecular formula is C12H18ClN. The molecule has 1 nitrogen and oxygen atoms in total. The van der Waals surface area contributed by atoms with Gasteiger partial charge in [-0.25, -0.2) is 0 Å². The third-order valence-corrected chi connectivity index (χ3v) is 2.62. The summed E-state index contributed by atoms with van der Waals surface area (Å²) in [6.45, 7) is 3.19. The number of alkyl halides is 1. The molecular weight excluding hydrogens is 194 g/mol. The number of aryl methyl sites for hydroxylation is 1. The van der Waals surface area contributed by atoms with Crippen LogP contribution in [0.5, 0.6) is 0 Å². The molecule has 0 aliphatic carbocycles. The van der Waals surface area contributed by atoms with Crippen molar-refractivity contribution in [3.8, 4) is 0 Å². The largest absolute Gasteiger partial charge is 0.375 e. The molecule has 0 heterocycles. The van der Waals surface area contributed by atoms with E-state index in [1.54, 1.807) is 0 Å². The Hall–Kier alpha value is -0.690. The van der Waals surface area contributed by atoms with Crippen LogP contribution in [0, 0.1) is 6.92 Å². The molecule has 0 fully saturated rings. The molecule has 0 bridgehead atoms. The van der Waals surface area contributed by atoms with Crippen molar-refractivity contribution in [2.75, 3.05) is 24.4 Å². The van der Waals surface area contributed by atoms with E-state index in [4.69, 9.17) is 11.6 Å². The molecule has 0 radical (unpaired) electrons. The van der Waals surface area contributed by atoms with E-state index < -0.39 is 0 Å². The molecule has 0 atom stereocenters. The number of anilines is 1. The first kappa shape index (κ1) is 11.4. The highest BCUT2D eigenvalue weighted by Gasteiger charge is 1.98. The van der Waals surface area contributed by atoms with Crippen LogP contribution in [0.4, 0.5) is 5.69 Å². The number of benzene rings is 1. The molecule has 0 saturated carbocycles. The molecule has 2 heteroatoms. The second-order valence-electron chi connectivity index (χ2n) is 3.65. The van der Waals surface area contributed by atoms with Crippen LogP contribution in [0.15, 0.2) is 24.3 Å². The molecule has 1 aromatic carbocycles. The van der Waals surface area contributed by atoms with Crippen molar-refractivity contribution in [3.05, 3.63) is 29.8 Å². The zero-order chi connectivity index (χ0) is 10.4. The van der Waals surface area contributed by atoms with Gasteiger partial charge in [0.25, 0.3) is 0 Å². The van der Waals surface area contributed by atoms with Crippen molar-refractivity contribution < 1.29 is 0 Å². The van der Waals surface area contributed by atoms with Crippen LogP contribution >= 0.6 is 11.6 Å². The van der Waals surface area contributed by atoms with Crippen LogP contribution in [-0.2, 0) is 0 Å². The van der Waals surface area contributed by atoms with Crippen LogP contribution in [0.3, 0.4) is 0 Å². The summed E-state index contributed by atoms with van der Waals surface area (Å²) in [6.07, 6.45) is 2.26. The van der Waals surface area contributed by atoms with Crippen molar-refractivity contribution in [2.45, 2.75) is 19.8 Å². The molecule has 0 aliphatic rings. The zero-order valence-corrected chi connectivity index (χ0v) is 9.72. The van der Waals surface area contributed by atoms with Crippen LogP contribution in [0.25, 0.3) is 0 Å². The quantitative estimate of drug-likeness (QED) is 0.533. The lowest BCUT2D eigenvalue weighted by Crippen LogP contribution is -2.18. The zero-order valence-electron chi connectivity index (χ0n) is 8.96. The Labute approximate surface area is 91.7 Å². The SMILES string of the molecule is Cc1ccc(N(C)CCCCCl)cc1. The maximum absolute atomic E-state index is 5.63. The first-order valence-electron chi connectivity index (χ1n) is 5.08. The summed E-state index contributed by atoms with van der Waals surface area (Å²) in [7, 11) is 2.12. The van der Waals surface area contributed by atoms with E-state index in [2.05, 4.69) is 43.1 Å². The lowest BCUT2D eigenvalue weighted by molar-refractivity contribution is 0.770. The number of hydrogen-bond donors (Lipinski definition) is 0. The first-order valence-corrected chi connectivity index (χ1v) is 5.61. The van der Waals surface area contributed by atoms with E-state index in [0.29, 0.717) is 0 Å². The van der Waals surface area contributed by atoms with Crippen LogP contribution in [0.2, 0.25) is 0 Å². The normalized spacial score (nSPS) is 10.2. The molecule has 0 aromatic heterocycles. The second kappa shape index (κ2) is 5.92. The van der Waals surface area contributed by atoms with Gasteiger partial charge >= 0.3 is 0 Å². The topological polar surface area (TPSA) is 3.24 Å². The number of nitrogens with zero attached hydrogens (tertiary/aromatic N) is 1. The number of unbranched alkanes of at least 4 members (excludes halogenated alkanes) is 1. The molecule has 0 unspecified atom stereocenters. The van der Waals surface area contributed by atoms with Crippen molar-refractivity contribution in [1.29, 1.82) is 0 Å².